The van der Waals surface area contributed by atoms with E-state index in [0.717, 1.165) is 32.7 Å². The Morgan fingerprint density at radius 3 is 2.50 bits per heavy atom. The summed E-state index contributed by atoms with van der Waals surface area (Å²) in [5.41, 5.74) is 0. The van der Waals surface area contributed by atoms with Crippen molar-refractivity contribution in [3.8, 4) is 0 Å². The smallest absolute Gasteiger partial charge is 0.0325 e. The van der Waals surface area contributed by atoms with Crippen LogP contribution in [-0.2, 0) is 13.1 Å². The minimum Gasteiger partial charge on any atom is -0.312 e. The highest BCUT2D eigenvalue weighted by Gasteiger charge is 2.04. The Kier molecular flexibility index (Phi) is 7.51. The highest BCUT2D eigenvalue weighted by atomic mass is 32.1. The van der Waals surface area contributed by atoms with Gasteiger partial charge in [-0.25, -0.2) is 0 Å². The average Bonchev–Trinajstić information content (AvgIpc) is 2.74. The van der Waals surface area contributed by atoms with Crippen LogP contribution in [0.3, 0.4) is 0 Å². The van der Waals surface area contributed by atoms with E-state index in [-0.39, 0.29) is 0 Å². The monoisotopic (exact) mass is 269 g/mol. The molecule has 0 aliphatic heterocycles. The molecule has 0 amide bonds. The maximum Gasteiger partial charge on any atom is 0.0325 e. The molecule has 104 valence electrons. The molecule has 1 aromatic heterocycles. The van der Waals surface area contributed by atoms with Crippen LogP contribution in [0.2, 0.25) is 0 Å². The molecular weight excluding hydrogens is 242 g/mol. The molecule has 0 spiro atoms. The lowest BCUT2D eigenvalue weighted by molar-refractivity contribution is 0.278. The Morgan fingerprint density at radius 1 is 1.11 bits per heavy atom. The molecule has 0 saturated carbocycles. The zero-order valence-electron chi connectivity index (χ0n) is 12.2. The van der Waals surface area contributed by atoms with Crippen molar-refractivity contribution in [3.05, 3.63) is 21.9 Å². The largest absolute Gasteiger partial charge is 0.312 e. The zero-order chi connectivity index (χ0) is 13.4. The Labute approximate surface area is 116 Å². The summed E-state index contributed by atoms with van der Waals surface area (Å²) < 4.78 is 0. The number of nitrogens with zero attached hydrogens (tertiary/aromatic N) is 2. The summed E-state index contributed by atoms with van der Waals surface area (Å²) in [6.45, 7) is 7.62. The van der Waals surface area contributed by atoms with Crippen molar-refractivity contribution in [1.29, 1.82) is 0 Å². The highest BCUT2D eigenvalue weighted by Crippen LogP contribution is 2.17. The SMILES string of the molecule is CCCNCc1ccc(CN(C)CCN(C)C)s1. The molecule has 1 heterocycles. The van der Waals surface area contributed by atoms with Crippen molar-refractivity contribution in [3.63, 3.8) is 0 Å². The first kappa shape index (κ1) is 15.6. The van der Waals surface area contributed by atoms with Gasteiger partial charge >= 0.3 is 0 Å². The minimum absolute atomic E-state index is 1.01. The van der Waals surface area contributed by atoms with Crippen LogP contribution in [0.4, 0.5) is 0 Å². The first-order valence-corrected chi connectivity index (χ1v) is 7.55. The van der Waals surface area contributed by atoms with Crippen LogP contribution in [0.5, 0.6) is 0 Å². The first-order valence-electron chi connectivity index (χ1n) is 6.73. The van der Waals surface area contributed by atoms with Gasteiger partial charge in [-0.05, 0) is 46.2 Å². The normalized spacial score (nSPS) is 11.7. The van der Waals surface area contributed by atoms with Crippen LogP contribution < -0.4 is 5.32 Å². The maximum absolute atomic E-state index is 3.45. The summed E-state index contributed by atoms with van der Waals surface area (Å²) >= 11 is 1.93. The van der Waals surface area contributed by atoms with Crippen LogP contribution >= 0.6 is 11.3 Å². The van der Waals surface area contributed by atoms with E-state index in [1.54, 1.807) is 0 Å². The predicted octanol–water partition coefficient (Wildman–Crippen LogP) is 2.24. The van der Waals surface area contributed by atoms with Crippen molar-refractivity contribution in [1.82, 2.24) is 15.1 Å². The van der Waals surface area contributed by atoms with Crippen LogP contribution in [0, 0.1) is 0 Å². The van der Waals surface area contributed by atoms with E-state index in [2.05, 4.69) is 55.3 Å². The van der Waals surface area contributed by atoms with Crippen molar-refractivity contribution in [2.45, 2.75) is 26.4 Å². The van der Waals surface area contributed by atoms with E-state index in [1.165, 1.54) is 16.2 Å². The Morgan fingerprint density at radius 2 is 1.83 bits per heavy atom. The second kappa shape index (κ2) is 8.64. The van der Waals surface area contributed by atoms with E-state index >= 15 is 0 Å². The van der Waals surface area contributed by atoms with E-state index < -0.39 is 0 Å². The lowest BCUT2D eigenvalue weighted by Gasteiger charge is -2.18. The summed E-state index contributed by atoms with van der Waals surface area (Å²) in [4.78, 5) is 7.52. The number of nitrogens with one attached hydrogen (secondary N) is 1. The van der Waals surface area contributed by atoms with Crippen molar-refractivity contribution < 1.29 is 0 Å². The molecule has 0 atom stereocenters. The number of rotatable bonds is 9. The Balaban J connectivity index is 2.29. The summed E-state index contributed by atoms with van der Waals surface area (Å²) in [6, 6.07) is 4.52. The van der Waals surface area contributed by atoms with Gasteiger partial charge in [-0.2, -0.15) is 0 Å². The third-order valence-electron chi connectivity index (χ3n) is 2.80. The van der Waals surface area contributed by atoms with E-state index in [4.69, 9.17) is 0 Å². The van der Waals surface area contributed by atoms with Crippen molar-refractivity contribution in [2.24, 2.45) is 0 Å². The van der Waals surface area contributed by atoms with Crippen LogP contribution in [0.1, 0.15) is 23.1 Å². The van der Waals surface area contributed by atoms with Gasteiger partial charge in [0.15, 0.2) is 0 Å². The molecule has 3 nitrogen and oxygen atoms in total. The average molecular weight is 269 g/mol. The number of hydrogen-bond acceptors (Lipinski definition) is 4. The molecule has 1 aromatic rings. The molecule has 0 aromatic carbocycles. The van der Waals surface area contributed by atoms with Crippen molar-refractivity contribution in [2.75, 3.05) is 40.8 Å². The molecule has 1 N–H and O–H groups in total. The second-order valence-electron chi connectivity index (χ2n) is 5.09. The van der Waals surface area contributed by atoms with Gasteiger partial charge in [-0.1, -0.05) is 6.92 Å². The maximum atomic E-state index is 3.45. The van der Waals surface area contributed by atoms with Gasteiger partial charge in [0.05, 0.1) is 0 Å². The summed E-state index contributed by atoms with van der Waals surface area (Å²) in [6.07, 6.45) is 1.20. The number of hydrogen-bond donors (Lipinski definition) is 1. The van der Waals surface area contributed by atoms with Crippen molar-refractivity contribution >= 4 is 11.3 Å². The summed E-state index contributed by atoms with van der Waals surface area (Å²) in [5, 5.41) is 3.45. The molecular formula is C14H27N3S. The highest BCUT2D eigenvalue weighted by molar-refractivity contribution is 7.11. The van der Waals surface area contributed by atoms with E-state index in [0.29, 0.717) is 0 Å². The summed E-state index contributed by atoms with van der Waals surface area (Å²) in [7, 11) is 6.44. The molecule has 1 rings (SSSR count). The minimum atomic E-state index is 1.01. The van der Waals surface area contributed by atoms with Crippen LogP contribution in [0.25, 0.3) is 0 Å². The van der Waals surface area contributed by atoms with Gasteiger partial charge in [-0.15, -0.1) is 11.3 Å². The first-order chi connectivity index (χ1) is 8.61. The van der Waals surface area contributed by atoms with Crippen LogP contribution in [-0.4, -0.2) is 50.6 Å². The topological polar surface area (TPSA) is 18.5 Å². The fourth-order valence-corrected chi connectivity index (χ4v) is 2.77. The molecule has 18 heavy (non-hydrogen) atoms. The van der Waals surface area contributed by atoms with Gasteiger partial charge in [0.1, 0.15) is 0 Å². The number of likely N-dealkylation sites (N-methyl/N-ethyl adjacent to an activating group) is 2. The Bertz CT molecular complexity index is 323. The molecule has 0 aliphatic rings. The van der Waals surface area contributed by atoms with Gasteiger partial charge in [0, 0.05) is 35.9 Å². The van der Waals surface area contributed by atoms with Crippen LogP contribution in [0.15, 0.2) is 12.1 Å². The zero-order valence-corrected chi connectivity index (χ0v) is 13.0. The quantitative estimate of drug-likeness (QED) is 0.694. The lowest BCUT2D eigenvalue weighted by Crippen LogP contribution is -2.28. The third kappa shape index (κ3) is 6.50. The molecule has 0 fully saturated rings. The number of thiophene rings is 1. The second-order valence-corrected chi connectivity index (χ2v) is 6.34. The van der Waals surface area contributed by atoms with E-state index in [9.17, 15) is 0 Å². The molecule has 0 aliphatic carbocycles. The third-order valence-corrected chi connectivity index (χ3v) is 3.87. The van der Waals surface area contributed by atoms with Gasteiger partial charge < -0.3 is 15.1 Å². The van der Waals surface area contributed by atoms with Gasteiger partial charge in [-0.3, -0.25) is 0 Å². The molecule has 4 heteroatoms. The fraction of sp³-hybridized carbons (Fsp3) is 0.714. The summed E-state index contributed by atoms with van der Waals surface area (Å²) in [5.74, 6) is 0. The Hall–Kier alpha value is -0.420. The van der Waals surface area contributed by atoms with E-state index in [1.807, 2.05) is 11.3 Å². The molecule has 0 unspecified atom stereocenters. The standard InChI is InChI=1S/C14H27N3S/c1-5-8-15-11-13-6-7-14(18-13)12-17(4)10-9-16(2)3/h6-7,15H,5,8-12H2,1-4H3. The van der Waals surface area contributed by atoms with Gasteiger partial charge in [0.2, 0.25) is 0 Å². The predicted molar refractivity (Wildman–Crippen MR) is 81.2 cm³/mol. The van der Waals surface area contributed by atoms with Gasteiger partial charge in [0.25, 0.3) is 0 Å². The fourth-order valence-electron chi connectivity index (χ4n) is 1.71. The molecule has 0 radical (unpaired) electrons. The molecule has 0 bridgehead atoms. The lowest BCUT2D eigenvalue weighted by atomic mass is 10.4. The molecule has 0 saturated heterocycles.